The van der Waals surface area contributed by atoms with Crippen LogP contribution in [0.15, 0.2) is 66.7 Å². The first kappa shape index (κ1) is 23.3. The standard InChI is InChI=1S/C29H33N3O3/c1-32(2)15-16-34-26-12-9-21(17-27(26)33-3)28-29-23(13-14-30-28)24-18-22(10-11-25(24)31-29)35-19-20-7-5-4-6-8-20/h4-12,17-18,28,30-31H,13-16,19H2,1-3H3. The molecule has 3 aromatic carbocycles. The summed E-state index contributed by atoms with van der Waals surface area (Å²) < 4.78 is 17.7. The van der Waals surface area contributed by atoms with E-state index in [1.165, 1.54) is 16.6 Å². The summed E-state index contributed by atoms with van der Waals surface area (Å²) >= 11 is 0. The Bertz CT molecular complexity index is 1280. The average molecular weight is 472 g/mol. The Morgan fingerprint density at radius 3 is 2.60 bits per heavy atom. The monoisotopic (exact) mass is 471 g/mol. The molecule has 0 saturated heterocycles. The maximum Gasteiger partial charge on any atom is 0.161 e. The molecular formula is C29H33N3O3. The molecule has 4 aromatic rings. The van der Waals surface area contributed by atoms with E-state index in [4.69, 9.17) is 14.2 Å². The van der Waals surface area contributed by atoms with E-state index in [0.29, 0.717) is 13.2 Å². The summed E-state index contributed by atoms with van der Waals surface area (Å²) in [6, 6.07) is 22.9. The number of nitrogens with zero attached hydrogens (tertiary/aromatic N) is 1. The zero-order valence-electron chi connectivity index (χ0n) is 20.6. The zero-order chi connectivity index (χ0) is 24.2. The van der Waals surface area contributed by atoms with Gasteiger partial charge in [0, 0.05) is 29.7 Å². The van der Waals surface area contributed by atoms with E-state index in [-0.39, 0.29) is 6.04 Å². The van der Waals surface area contributed by atoms with E-state index >= 15 is 0 Å². The molecule has 6 heteroatoms. The van der Waals surface area contributed by atoms with Crippen molar-refractivity contribution in [3.05, 3.63) is 89.1 Å². The number of aromatic amines is 1. The van der Waals surface area contributed by atoms with Crippen molar-refractivity contribution in [1.29, 1.82) is 0 Å². The van der Waals surface area contributed by atoms with Crippen LogP contribution in [0.1, 0.15) is 28.4 Å². The highest BCUT2D eigenvalue weighted by Crippen LogP contribution is 2.38. The molecule has 0 radical (unpaired) electrons. The van der Waals surface area contributed by atoms with Gasteiger partial charge in [0.25, 0.3) is 0 Å². The van der Waals surface area contributed by atoms with Gasteiger partial charge in [0.05, 0.1) is 13.2 Å². The Morgan fingerprint density at radius 2 is 1.80 bits per heavy atom. The minimum Gasteiger partial charge on any atom is -0.493 e. The predicted octanol–water partition coefficient (Wildman–Crippen LogP) is 4.93. The molecule has 1 aliphatic heterocycles. The summed E-state index contributed by atoms with van der Waals surface area (Å²) in [6.07, 6.45) is 0.969. The molecular weight excluding hydrogens is 438 g/mol. The van der Waals surface area contributed by atoms with Crippen molar-refractivity contribution in [3.8, 4) is 17.2 Å². The van der Waals surface area contributed by atoms with Gasteiger partial charge < -0.3 is 29.4 Å². The van der Waals surface area contributed by atoms with Gasteiger partial charge in [0.2, 0.25) is 0 Å². The van der Waals surface area contributed by atoms with Gasteiger partial charge in [-0.3, -0.25) is 0 Å². The van der Waals surface area contributed by atoms with E-state index in [2.05, 4.69) is 51.6 Å². The summed E-state index contributed by atoms with van der Waals surface area (Å²) in [5, 5.41) is 4.91. The average Bonchev–Trinajstić information content (AvgIpc) is 3.26. The van der Waals surface area contributed by atoms with Crippen molar-refractivity contribution in [2.75, 3.05) is 40.9 Å². The lowest BCUT2D eigenvalue weighted by Crippen LogP contribution is -2.30. The molecule has 2 heterocycles. The van der Waals surface area contributed by atoms with Crippen LogP contribution in [0.5, 0.6) is 17.2 Å². The second-order valence-corrected chi connectivity index (χ2v) is 9.20. The first-order valence-corrected chi connectivity index (χ1v) is 12.1. The minimum absolute atomic E-state index is 0.0598. The highest BCUT2D eigenvalue weighted by atomic mass is 16.5. The van der Waals surface area contributed by atoms with Crippen molar-refractivity contribution >= 4 is 10.9 Å². The molecule has 1 unspecified atom stereocenters. The molecule has 2 N–H and O–H groups in total. The number of rotatable bonds is 9. The highest BCUT2D eigenvalue weighted by molar-refractivity contribution is 5.86. The summed E-state index contributed by atoms with van der Waals surface area (Å²) in [5.41, 5.74) is 5.99. The Hall–Kier alpha value is -3.48. The van der Waals surface area contributed by atoms with Crippen LogP contribution in [0, 0.1) is 0 Å². The topological polar surface area (TPSA) is 58.8 Å². The van der Waals surface area contributed by atoms with Crippen LogP contribution in [0.4, 0.5) is 0 Å². The van der Waals surface area contributed by atoms with Crippen molar-refractivity contribution in [2.45, 2.75) is 19.1 Å². The molecule has 0 bridgehead atoms. The second kappa shape index (κ2) is 10.4. The third-order valence-electron chi connectivity index (χ3n) is 6.49. The normalized spacial score (nSPS) is 15.3. The first-order chi connectivity index (χ1) is 17.1. The van der Waals surface area contributed by atoms with Gasteiger partial charge >= 0.3 is 0 Å². The van der Waals surface area contributed by atoms with E-state index in [9.17, 15) is 0 Å². The van der Waals surface area contributed by atoms with Crippen LogP contribution < -0.4 is 19.5 Å². The van der Waals surface area contributed by atoms with Crippen LogP contribution in [-0.2, 0) is 13.0 Å². The fraction of sp³-hybridized carbons (Fsp3) is 0.310. The van der Waals surface area contributed by atoms with E-state index in [1.807, 2.05) is 44.4 Å². The molecule has 1 aliphatic rings. The lowest BCUT2D eigenvalue weighted by atomic mass is 9.94. The van der Waals surface area contributed by atoms with Crippen molar-refractivity contribution < 1.29 is 14.2 Å². The predicted molar refractivity (Wildman–Crippen MR) is 140 cm³/mol. The van der Waals surface area contributed by atoms with Gasteiger partial charge in [0.1, 0.15) is 19.0 Å². The number of benzene rings is 3. The third-order valence-corrected chi connectivity index (χ3v) is 6.49. The summed E-state index contributed by atoms with van der Waals surface area (Å²) in [5.74, 6) is 2.41. The molecule has 35 heavy (non-hydrogen) atoms. The Balaban J connectivity index is 1.39. The lowest BCUT2D eigenvalue weighted by molar-refractivity contribution is 0.250. The molecule has 6 nitrogen and oxygen atoms in total. The van der Waals surface area contributed by atoms with Crippen LogP contribution in [-0.4, -0.2) is 50.8 Å². The van der Waals surface area contributed by atoms with Crippen LogP contribution in [0.3, 0.4) is 0 Å². The summed E-state index contributed by atoms with van der Waals surface area (Å²) in [4.78, 5) is 5.77. The minimum atomic E-state index is 0.0598. The smallest absolute Gasteiger partial charge is 0.161 e. The number of hydrogen-bond donors (Lipinski definition) is 2. The van der Waals surface area contributed by atoms with E-state index < -0.39 is 0 Å². The Kier molecular flexibility index (Phi) is 6.93. The maximum absolute atomic E-state index is 6.10. The fourth-order valence-corrected chi connectivity index (χ4v) is 4.64. The summed E-state index contributed by atoms with van der Waals surface area (Å²) in [7, 11) is 5.76. The number of methoxy groups -OCH3 is 1. The molecule has 0 amide bonds. The maximum atomic E-state index is 6.10. The first-order valence-electron chi connectivity index (χ1n) is 12.1. The number of H-pyrrole nitrogens is 1. The van der Waals surface area contributed by atoms with Gasteiger partial charge in [-0.25, -0.2) is 0 Å². The molecule has 0 saturated carbocycles. The van der Waals surface area contributed by atoms with Crippen LogP contribution in [0.2, 0.25) is 0 Å². The van der Waals surface area contributed by atoms with Gasteiger partial charge in [0.15, 0.2) is 11.5 Å². The number of aromatic nitrogens is 1. The van der Waals surface area contributed by atoms with Gasteiger partial charge in [-0.05, 0) is 67.5 Å². The Labute approximate surface area is 206 Å². The fourth-order valence-electron chi connectivity index (χ4n) is 4.64. The van der Waals surface area contributed by atoms with E-state index in [0.717, 1.165) is 53.4 Å². The Morgan fingerprint density at radius 1 is 0.943 bits per heavy atom. The zero-order valence-corrected chi connectivity index (χ0v) is 20.6. The SMILES string of the molecule is COc1cc(C2NCCc3c2[nH]c2ccc(OCc4ccccc4)cc32)ccc1OCCN(C)C. The number of nitrogens with one attached hydrogen (secondary N) is 2. The van der Waals surface area contributed by atoms with Crippen LogP contribution in [0.25, 0.3) is 10.9 Å². The summed E-state index contributed by atoms with van der Waals surface area (Å²) in [6.45, 7) is 2.94. The molecule has 1 atom stereocenters. The number of ether oxygens (including phenoxy) is 3. The van der Waals surface area contributed by atoms with Gasteiger partial charge in [-0.2, -0.15) is 0 Å². The van der Waals surface area contributed by atoms with Crippen molar-refractivity contribution in [2.24, 2.45) is 0 Å². The van der Waals surface area contributed by atoms with Gasteiger partial charge in [-0.1, -0.05) is 36.4 Å². The number of hydrogen-bond acceptors (Lipinski definition) is 5. The van der Waals surface area contributed by atoms with Gasteiger partial charge in [-0.15, -0.1) is 0 Å². The number of fused-ring (bicyclic) bond motifs is 3. The molecule has 182 valence electrons. The molecule has 0 spiro atoms. The quantitative estimate of drug-likeness (QED) is 0.363. The second-order valence-electron chi connectivity index (χ2n) is 9.20. The van der Waals surface area contributed by atoms with Crippen LogP contribution >= 0.6 is 0 Å². The van der Waals surface area contributed by atoms with E-state index in [1.54, 1.807) is 7.11 Å². The highest BCUT2D eigenvalue weighted by Gasteiger charge is 2.26. The van der Waals surface area contributed by atoms with Crippen molar-refractivity contribution in [1.82, 2.24) is 15.2 Å². The third kappa shape index (κ3) is 5.14. The number of likely N-dealkylation sites (N-methyl/N-ethyl adjacent to an activating group) is 1. The lowest BCUT2D eigenvalue weighted by Gasteiger charge is -2.25. The van der Waals surface area contributed by atoms with Crippen molar-refractivity contribution in [3.63, 3.8) is 0 Å². The molecule has 0 aliphatic carbocycles. The molecule has 1 aromatic heterocycles. The largest absolute Gasteiger partial charge is 0.493 e. The molecule has 5 rings (SSSR count). The molecule has 0 fully saturated rings.